The van der Waals surface area contributed by atoms with Gasteiger partial charge >= 0.3 is 59.1 Å². The molecule has 1 aromatic carbocycles. The van der Waals surface area contributed by atoms with Crippen LogP contribution in [0.2, 0.25) is 0 Å². The Kier molecular flexibility index (Phi) is 11.4. The van der Waals surface area contributed by atoms with Gasteiger partial charge in [0.25, 0.3) is 0 Å². The number of aryl methyl sites for hydroxylation is 1. The van der Waals surface area contributed by atoms with E-state index in [4.69, 9.17) is 0 Å². The van der Waals surface area contributed by atoms with Gasteiger partial charge in [-0.1, -0.05) is 29.8 Å². The standard InChI is InChI=1S/C12H14O4.2Na/c1-8-2-4-9(5-3-8)6-10(12(15)16)7-11(13)14;;/h2-5,10H,6-7H2,1H3,(H,13,14)(H,15,16);;/q;2*+1/p-2. The van der Waals surface area contributed by atoms with Crippen LogP contribution in [-0.4, -0.2) is 11.9 Å². The van der Waals surface area contributed by atoms with E-state index in [0.29, 0.717) is 0 Å². The van der Waals surface area contributed by atoms with Crippen LogP contribution >= 0.6 is 0 Å². The minimum Gasteiger partial charge on any atom is -0.550 e. The van der Waals surface area contributed by atoms with E-state index in [0.717, 1.165) is 11.1 Å². The van der Waals surface area contributed by atoms with Crippen molar-refractivity contribution in [2.75, 3.05) is 0 Å². The summed E-state index contributed by atoms with van der Waals surface area (Å²) in [5, 5.41) is 21.1. The van der Waals surface area contributed by atoms with E-state index in [1.165, 1.54) is 0 Å². The molecule has 0 aromatic heterocycles. The molecule has 0 saturated heterocycles. The summed E-state index contributed by atoms with van der Waals surface area (Å²) in [5.74, 6) is -3.77. The van der Waals surface area contributed by atoms with E-state index in [9.17, 15) is 19.8 Å². The Morgan fingerprint density at radius 2 is 1.61 bits per heavy atom. The summed E-state index contributed by atoms with van der Waals surface area (Å²) in [6.45, 7) is 1.92. The molecule has 0 aliphatic rings. The number of hydrogen-bond donors (Lipinski definition) is 0. The van der Waals surface area contributed by atoms with Gasteiger partial charge in [-0.05, 0) is 25.3 Å². The van der Waals surface area contributed by atoms with Crippen LogP contribution in [0.25, 0.3) is 0 Å². The van der Waals surface area contributed by atoms with Crippen LogP contribution < -0.4 is 69.3 Å². The number of aliphatic carboxylic acids is 2. The maximum absolute atomic E-state index is 10.7. The first-order valence-electron chi connectivity index (χ1n) is 4.95. The molecule has 1 unspecified atom stereocenters. The van der Waals surface area contributed by atoms with E-state index in [-0.39, 0.29) is 65.5 Å². The van der Waals surface area contributed by atoms with Crippen LogP contribution in [0.4, 0.5) is 0 Å². The fourth-order valence-corrected chi connectivity index (χ4v) is 1.45. The van der Waals surface area contributed by atoms with Gasteiger partial charge in [-0.15, -0.1) is 0 Å². The van der Waals surface area contributed by atoms with Gasteiger partial charge in [0.1, 0.15) is 0 Å². The van der Waals surface area contributed by atoms with Gasteiger partial charge in [0.15, 0.2) is 0 Å². The van der Waals surface area contributed by atoms with E-state index in [1.54, 1.807) is 12.1 Å². The topological polar surface area (TPSA) is 80.3 Å². The molecule has 0 bridgehead atoms. The van der Waals surface area contributed by atoms with Crippen LogP contribution in [0.3, 0.4) is 0 Å². The van der Waals surface area contributed by atoms with Gasteiger partial charge in [-0.2, -0.15) is 0 Å². The minimum absolute atomic E-state index is 0. The number of benzene rings is 1. The van der Waals surface area contributed by atoms with Crippen molar-refractivity contribution < 1.29 is 78.9 Å². The monoisotopic (exact) mass is 266 g/mol. The Balaban J connectivity index is 0. The van der Waals surface area contributed by atoms with Crippen molar-refractivity contribution in [1.82, 2.24) is 0 Å². The van der Waals surface area contributed by atoms with Gasteiger partial charge in [0.05, 0.1) is 0 Å². The summed E-state index contributed by atoms with van der Waals surface area (Å²) in [7, 11) is 0. The fraction of sp³-hybridized carbons (Fsp3) is 0.333. The molecule has 18 heavy (non-hydrogen) atoms. The predicted molar refractivity (Wildman–Crippen MR) is 53.0 cm³/mol. The van der Waals surface area contributed by atoms with Crippen LogP contribution in [0.1, 0.15) is 17.5 Å². The molecule has 0 aliphatic carbocycles. The number of carboxylic acids is 2. The van der Waals surface area contributed by atoms with Crippen molar-refractivity contribution >= 4 is 11.9 Å². The summed E-state index contributed by atoms with van der Waals surface area (Å²) in [6.07, 6.45) is -0.368. The van der Waals surface area contributed by atoms with Crippen molar-refractivity contribution in [1.29, 1.82) is 0 Å². The third kappa shape index (κ3) is 7.56. The van der Waals surface area contributed by atoms with Gasteiger partial charge in [-0.3, -0.25) is 0 Å². The normalized spacial score (nSPS) is 10.7. The molecule has 0 spiro atoms. The maximum atomic E-state index is 10.7. The Labute approximate surface area is 150 Å². The van der Waals surface area contributed by atoms with Crippen molar-refractivity contribution in [3.8, 4) is 0 Å². The molecule has 1 aromatic rings. The molecule has 0 N–H and O–H groups in total. The molecular weight excluding hydrogens is 254 g/mol. The van der Waals surface area contributed by atoms with Crippen molar-refractivity contribution in [3.63, 3.8) is 0 Å². The Bertz CT molecular complexity index is 390. The molecule has 0 heterocycles. The Morgan fingerprint density at radius 1 is 1.11 bits per heavy atom. The van der Waals surface area contributed by atoms with Crippen molar-refractivity contribution in [3.05, 3.63) is 35.4 Å². The molecule has 0 amide bonds. The van der Waals surface area contributed by atoms with E-state index in [2.05, 4.69) is 0 Å². The molecule has 0 fully saturated rings. The zero-order chi connectivity index (χ0) is 12.1. The van der Waals surface area contributed by atoms with Crippen LogP contribution in [-0.2, 0) is 16.0 Å². The summed E-state index contributed by atoms with van der Waals surface area (Å²) < 4.78 is 0. The third-order valence-corrected chi connectivity index (χ3v) is 2.35. The molecule has 86 valence electrons. The third-order valence-electron chi connectivity index (χ3n) is 2.35. The fourth-order valence-electron chi connectivity index (χ4n) is 1.45. The van der Waals surface area contributed by atoms with Crippen molar-refractivity contribution in [2.24, 2.45) is 5.92 Å². The zero-order valence-electron chi connectivity index (χ0n) is 10.9. The predicted octanol–water partition coefficient (Wildman–Crippen LogP) is -6.95. The zero-order valence-corrected chi connectivity index (χ0v) is 14.9. The Morgan fingerprint density at radius 3 is 2.00 bits per heavy atom. The summed E-state index contributed by atoms with van der Waals surface area (Å²) >= 11 is 0. The second-order valence-corrected chi connectivity index (χ2v) is 3.78. The average Bonchev–Trinajstić information content (AvgIpc) is 2.19. The van der Waals surface area contributed by atoms with Crippen LogP contribution in [0, 0.1) is 12.8 Å². The first-order valence-corrected chi connectivity index (χ1v) is 4.95. The number of hydrogen-bond acceptors (Lipinski definition) is 4. The molecule has 4 nitrogen and oxygen atoms in total. The Hall–Kier alpha value is 0.160. The largest absolute Gasteiger partial charge is 1.00 e. The number of carbonyl (C=O) groups is 2. The van der Waals surface area contributed by atoms with Crippen LogP contribution in [0.15, 0.2) is 24.3 Å². The molecule has 0 saturated carbocycles. The number of rotatable bonds is 5. The maximum Gasteiger partial charge on any atom is 1.00 e. The summed E-state index contributed by atoms with van der Waals surface area (Å²) in [4.78, 5) is 21.1. The van der Waals surface area contributed by atoms with E-state index in [1.807, 2.05) is 19.1 Å². The average molecular weight is 266 g/mol. The summed E-state index contributed by atoms with van der Waals surface area (Å²) in [5.41, 5.74) is 1.84. The first kappa shape index (κ1) is 20.5. The quantitative estimate of drug-likeness (QED) is 0.496. The van der Waals surface area contributed by atoms with E-state index >= 15 is 0 Å². The SMILES string of the molecule is Cc1ccc(CC(CC(=O)[O-])C(=O)[O-])cc1.[Na+].[Na+]. The van der Waals surface area contributed by atoms with Gasteiger partial charge < -0.3 is 19.8 Å². The molecular formula is C12H12Na2O4. The van der Waals surface area contributed by atoms with Gasteiger partial charge in [0, 0.05) is 17.9 Å². The molecule has 0 radical (unpaired) electrons. The molecule has 0 aliphatic heterocycles. The number of carboxylic acid groups (broad SMARTS) is 2. The van der Waals surface area contributed by atoms with Gasteiger partial charge in [0.2, 0.25) is 0 Å². The first-order chi connectivity index (χ1) is 7.49. The van der Waals surface area contributed by atoms with Crippen LogP contribution in [0.5, 0.6) is 0 Å². The second kappa shape index (κ2) is 10.0. The second-order valence-electron chi connectivity index (χ2n) is 3.78. The molecule has 1 atom stereocenters. The molecule has 6 heteroatoms. The number of carbonyl (C=O) groups excluding carboxylic acids is 2. The minimum atomic E-state index is -1.37. The smallest absolute Gasteiger partial charge is 0.550 e. The van der Waals surface area contributed by atoms with Crippen molar-refractivity contribution in [2.45, 2.75) is 19.8 Å². The molecule has 1 rings (SSSR count). The van der Waals surface area contributed by atoms with Gasteiger partial charge in [-0.25, -0.2) is 0 Å². The summed E-state index contributed by atoms with van der Waals surface area (Å²) in [6, 6.07) is 7.25. The van der Waals surface area contributed by atoms with E-state index < -0.39 is 24.3 Å².